The van der Waals surface area contributed by atoms with Gasteiger partial charge in [0, 0.05) is 41.9 Å². The lowest BCUT2D eigenvalue weighted by Gasteiger charge is -2.10. The maximum atomic E-state index is 6.04. The van der Waals surface area contributed by atoms with Gasteiger partial charge in [0.25, 0.3) is 0 Å². The molecule has 0 bridgehead atoms. The van der Waals surface area contributed by atoms with E-state index >= 15 is 0 Å². The third kappa shape index (κ3) is 1.82. The van der Waals surface area contributed by atoms with E-state index in [0.29, 0.717) is 0 Å². The molecule has 3 heterocycles. The third-order valence-corrected chi connectivity index (χ3v) is 4.17. The number of rotatable bonds is 1. The number of fused-ring (bicyclic) bond motifs is 3. The molecule has 0 radical (unpaired) electrons. The van der Waals surface area contributed by atoms with Gasteiger partial charge in [0.05, 0.1) is 11.2 Å². The highest BCUT2D eigenvalue weighted by molar-refractivity contribution is 5.91. The zero-order valence-corrected chi connectivity index (χ0v) is 12.4. The number of pyridine rings is 1. The van der Waals surface area contributed by atoms with Gasteiger partial charge < -0.3 is 4.74 Å². The van der Waals surface area contributed by atoms with E-state index in [-0.39, 0.29) is 6.10 Å². The Labute approximate surface area is 123 Å². The Kier molecular flexibility index (Phi) is 2.55. The van der Waals surface area contributed by atoms with Crippen molar-refractivity contribution >= 4 is 10.9 Å². The summed E-state index contributed by atoms with van der Waals surface area (Å²) in [4.78, 5) is 4.72. The summed E-state index contributed by atoms with van der Waals surface area (Å²) in [6, 6.07) is 8.34. The maximum Gasteiger partial charge on any atom is 0.134 e. The number of ether oxygens (including phenoxy) is 1. The van der Waals surface area contributed by atoms with Crippen molar-refractivity contribution in [2.24, 2.45) is 7.05 Å². The first kappa shape index (κ1) is 12.4. The summed E-state index contributed by atoms with van der Waals surface area (Å²) < 4.78 is 7.92. The Morgan fingerprint density at radius 2 is 2.14 bits per heavy atom. The van der Waals surface area contributed by atoms with Crippen molar-refractivity contribution in [2.45, 2.75) is 26.4 Å². The molecule has 0 N–H and O–H groups in total. The molecule has 3 aromatic rings. The average Bonchev–Trinajstić information content (AvgIpc) is 3.05. The normalized spacial score (nSPS) is 17.0. The summed E-state index contributed by atoms with van der Waals surface area (Å²) in [5, 5.41) is 5.34. The van der Waals surface area contributed by atoms with Gasteiger partial charge in [-0.1, -0.05) is 6.07 Å². The smallest absolute Gasteiger partial charge is 0.134 e. The first-order valence-corrected chi connectivity index (χ1v) is 7.22. The topological polar surface area (TPSA) is 39.9 Å². The molecule has 4 rings (SSSR count). The molecule has 0 amide bonds. The van der Waals surface area contributed by atoms with E-state index in [9.17, 15) is 0 Å². The van der Waals surface area contributed by atoms with Crippen LogP contribution in [0.15, 0.2) is 30.5 Å². The molecular formula is C17H17N3O. The van der Waals surface area contributed by atoms with Crippen molar-refractivity contribution in [3.05, 3.63) is 41.7 Å². The van der Waals surface area contributed by atoms with Crippen LogP contribution in [0.3, 0.4) is 0 Å². The summed E-state index contributed by atoms with van der Waals surface area (Å²) in [6.45, 7) is 4.17. The molecule has 1 aromatic carbocycles. The van der Waals surface area contributed by atoms with Gasteiger partial charge in [0.15, 0.2) is 0 Å². The maximum absolute atomic E-state index is 6.04. The van der Waals surface area contributed by atoms with E-state index in [0.717, 1.165) is 40.0 Å². The summed E-state index contributed by atoms with van der Waals surface area (Å²) in [5.41, 5.74) is 5.55. The van der Waals surface area contributed by atoms with E-state index in [4.69, 9.17) is 9.72 Å². The summed E-state index contributed by atoms with van der Waals surface area (Å²) >= 11 is 0. The van der Waals surface area contributed by atoms with Gasteiger partial charge >= 0.3 is 0 Å². The Balaban J connectivity index is 1.98. The third-order valence-electron chi connectivity index (χ3n) is 4.17. The summed E-state index contributed by atoms with van der Waals surface area (Å²) in [7, 11) is 1.95. The van der Waals surface area contributed by atoms with E-state index in [2.05, 4.69) is 37.1 Å². The fraction of sp³-hybridized carbons (Fsp3) is 0.294. The van der Waals surface area contributed by atoms with Crippen molar-refractivity contribution in [2.75, 3.05) is 0 Å². The molecule has 21 heavy (non-hydrogen) atoms. The predicted octanol–water partition coefficient (Wildman–Crippen LogP) is 3.27. The molecule has 4 heteroatoms. The largest absolute Gasteiger partial charge is 0.489 e. The van der Waals surface area contributed by atoms with Crippen LogP contribution < -0.4 is 4.74 Å². The summed E-state index contributed by atoms with van der Waals surface area (Å²) in [6.07, 6.45) is 2.99. The van der Waals surface area contributed by atoms with Crippen LogP contribution in [0.1, 0.15) is 18.2 Å². The predicted molar refractivity (Wildman–Crippen MR) is 82.5 cm³/mol. The first-order chi connectivity index (χ1) is 10.1. The van der Waals surface area contributed by atoms with Crippen molar-refractivity contribution in [1.82, 2.24) is 14.8 Å². The highest BCUT2D eigenvalue weighted by atomic mass is 16.5. The van der Waals surface area contributed by atoms with Crippen LogP contribution in [0.4, 0.5) is 0 Å². The average molecular weight is 279 g/mol. The number of nitrogens with zero attached hydrogens (tertiary/aromatic N) is 3. The van der Waals surface area contributed by atoms with Gasteiger partial charge in [-0.15, -0.1) is 0 Å². The van der Waals surface area contributed by atoms with Crippen molar-refractivity contribution in [1.29, 1.82) is 0 Å². The van der Waals surface area contributed by atoms with Crippen molar-refractivity contribution in [3.8, 4) is 17.0 Å². The Morgan fingerprint density at radius 1 is 1.29 bits per heavy atom. The molecule has 0 spiro atoms. The second kappa shape index (κ2) is 4.32. The van der Waals surface area contributed by atoms with Crippen LogP contribution in [-0.2, 0) is 13.5 Å². The molecule has 0 unspecified atom stereocenters. The standard InChI is InChI=1S/C17H17N3O/c1-10-8-13-11(2)19-15-5-4-12(9-14(15)17(13)21-10)16-6-7-18-20(16)3/h4-7,9-10H,8H2,1-3H3/t10-/m0/s1. The van der Waals surface area contributed by atoms with Crippen LogP contribution in [0, 0.1) is 6.92 Å². The Bertz CT molecular complexity index is 851. The van der Waals surface area contributed by atoms with Gasteiger partial charge in [0.2, 0.25) is 0 Å². The highest BCUT2D eigenvalue weighted by Gasteiger charge is 2.24. The number of hydrogen-bond acceptors (Lipinski definition) is 3. The Hall–Kier alpha value is -2.36. The van der Waals surface area contributed by atoms with Gasteiger partial charge in [-0.2, -0.15) is 5.10 Å². The number of hydrogen-bond donors (Lipinski definition) is 0. The molecule has 1 aliphatic heterocycles. The SMILES string of the molecule is Cc1nc2ccc(-c3ccnn3C)cc2c2c1C[C@H](C)O2. The Morgan fingerprint density at radius 3 is 2.90 bits per heavy atom. The van der Waals surface area contributed by atoms with Crippen LogP contribution in [-0.4, -0.2) is 20.9 Å². The van der Waals surface area contributed by atoms with E-state index < -0.39 is 0 Å². The van der Waals surface area contributed by atoms with Gasteiger partial charge in [0.1, 0.15) is 11.9 Å². The molecule has 0 saturated carbocycles. The molecule has 106 valence electrons. The lowest BCUT2D eigenvalue weighted by molar-refractivity contribution is 0.257. The van der Waals surface area contributed by atoms with Crippen LogP contribution in [0.5, 0.6) is 5.75 Å². The number of aromatic nitrogens is 3. The molecule has 4 nitrogen and oxygen atoms in total. The minimum absolute atomic E-state index is 0.228. The van der Waals surface area contributed by atoms with Crippen molar-refractivity contribution < 1.29 is 4.74 Å². The molecule has 2 aromatic heterocycles. The van der Waals surface area contributed by atoms with Crippen LogP contribution >= 0.6 is 0 Å². The van der Waals surface area contributed by atoms with Gasteiger partial charge in [-0.05, 0) is 32.0 Å². The first-order valence-electron chi connectivity index (χ1n) is 7.22. The van der Waals surface area contributed by atoms with Crippen LogP contribution in [0.25, 0.3) is 22.2 Å². The minimum Gasteiger partial charge on any atom is -0.489 e. The summed E-state index contributed by atoms with van der Waals surface area (Å²) in [5.74, 6) is 1.01. The van der Waals surface area contributed by atoms with E-state index in [1.807, 2.05) is 24.0 Å². The molecule has 1 atom stereocenters. The fourth-order valence-electron chi connectivity index (χ4n) is 3.11. The number of aryl methyl sites for hydroxylation is 2. The minimum atomic E-state index is 0.228. The van der Waals surface area contributed by atoms with E-state index in [1.165, 1.54) is 5.56 Å². The van der Waals surface area contributed by atoms with Gasteiger partial charge in [-0.3, -0.25) is 9.67 Å². The highest BCUT2D eigenvalue weighted by Crippen LogP contribution is 2.38. The second-order valence-electron chi connectivity index (χ2n) is 5.71. The molecular weight excluding hydrogens is 262 g/mol. The van der Waals surface area contributed by atoms with Crippen LogP contribution in [0.2, 0.25) is 0 Å². The molecule has 0 saturated heterocycles. The van der Waals surface area contributed by atoms with E-state index in [1.54, 1.807) is 0 Å². The quantitative estimate of drug-likeness (QED) is 0.686. The lowest BCUT2D eigenvalue weighted by atomic mass is 10.0. The fourth-order valence-corrected chi connectivity index (χ4v) is 3.11. The lowest BCUT2D eigenvalue weighted by Crippen LogP contribution is -2.05. The van der Waals surface area contributed by atoms with Crippen molar-refractivity contribution in [3.63, 3.8) is 0 Å². The zero-order valence-electron chi connectivity index (χ0n) is 12.4. The molecule has 0 fully saturated rings. The molecule has 0 aliphatic carbocycles. The molecule has 1 aliphatic rings. The van der Waals surface area contributed by atoms with Gasteiger partial charge in [-0.25, -0.2) is 0 Å². The monoisotopic (exact) mass is 279 g/mol. The zero-order chi connectivity index (χ0) is 14.6. The number of benzene rings is 1. The second-order valence-corrected chi connectivity index (χ2v) is 5.71.